The fourth-order valence-electron chi connectivity index (χ4n) is 4.07. The molecule has 0 radical (unpaired) electrons. The summed E-state index contributed by atoms with van der Waals surface area (Å²) >= 11 is 7.21. The number of nitrogens with one attached hydrogen (secondary N) is 2. The molecule has 1 amide bonds. The van der Waals surface area contributed by atoms with Gasteiger partial charge in [-0.2, -0.15) is 5.26 Å². The summed E-state index contributed by atoms with van der Waals surface area (Å²) in [6.45, 7) is 5.55. The van der Waals surface area contributed by atoms with Crippen molar-refractivity contribution in [2.24, 2.45) is 0 Å². The Kier molecular flexibility index (Phi) is 7.34. The molecule has 0 aliphatic heterocycles. The molecule has 0 saturated carbocycles. The molecule has 0 saturated heterocycles. The van der Waals surface area contributed by atoms with Crippen molar-refractivity contribution in [2.45, 2.75) is 26.8 Å². The molecule has 0 aliphatic rings. The Morgan fingerprint density at radius 1 is 1.19 bits per heavy atom. The van der Waals surface area contributed by atoms with Crippen LogP contribution in [0.15, 0.2) is 57.7 Å². The van der Waals surface area contributed by atoms with Gasteiger partial charge in [0.25, 0.3) is 5.91 Å². The molecule has 0 aliphatic carbocycles. The summed E-state index contributed by atoms with van der Waals surface area (Å²) in [5, 5.41) is 13.3. The summed E-state index contributed by atoms with van der Waals surface area (Å²) in [6.07, 6.45) is 1.74. The van der Waals surface area contributed by atoms with E-state index >= 15 is 0 Å². The van der Waals surface area contributed by atoms with Crippen molar-refractivity contribution in [3.8, 4) is 17.4 Å². The average molecular weight is 519 g/mol. The number of rotatable bonds is 6. The number of amides is 1. The predicted octanol–water partition coefficient (Wildman–Crippen LogP) is 6.18. The number of pyridine rings is 1. The highest BCUT2D eigenvalue weighted by atomic mass is 35.5. The highest BCUT2D eigenvalue weighted by Gasteiger charge is 2.21. The topological polar surface area (TPSA) is 108 Å². The number of carbonyl (C=O) groups is 1. The van der Waals surface area contributed by atoms with Crippen molar-refractivity contribution in [1.82, 2.24) is 9.71 Å². The molecular weight excluding hydrogens is 496 g/mol. The quantitative estimate of drug-likeness (QED) is 0.232. The number of hydrogen-bond donors (Lipinski definition) is 2. The standard InChI is InChI=1S/C27H23ClN4O3S/c1-14-10-19(16(3)30-21-8-9-22(28)31-23(21)27(34)32-36-4)26-20(11-14)24(33)15(2)25(35-26)18-7-5-6-17(12-18)13-29/h5-12,16,30H,1-4H3,(H,32,34). The molecule has 36 heavy (non-hydrogen) atoms. The Balaban J connectivity index is 1.86. The third-order valence-electron chi connectivity index (χ3n) is 5.76. The van der Waals surface area contributed by atoms with Crippen LogP contribution in [0.5, 0.6) is 0 Å². The Hall–Kier alpha value is -3.80. The zero-order valence-electron chi connectivity index (χ0n) is 20.1. The Morgan fingerprint density at radius 2 is 1.97 bits per heavy atom. The van der Waals surface area contributed by atoms with E-state index in [1.54, 1.807) is 49.6 Å². The first kappa shape index (κ1) is 25.3. The highest BCUT2D eigenvalue weighted by molar-refractivity contribution is 7.97. The summed E-state index contributed by atoms with van der Waals surface area (Å²) in [6, 6.07) is 15.8. The third-order valence-corrected chi connectivity index (χ3v) is 6.36. The first-order valence-electron chi connectivity index (χ1n) is 11.1. The zero-order valence-corrected chi connectivity index (χ0v) is 21.7. The molecule has 2 N–H and O–H groups in total. The lowest BCUT2D eigenvalue weighted by molar-refractivity contribution is 0.0980. The van der Waals surface area contributed by atoms with Gasteiger partial charge in [-0.05, 0) is 56.7 Å². The second-order valence-electron chi connectivity index (χ2n) is 8.34. The van der Waals surface area contributed by atoms with Gasteiger partial charge in [0.05, 0.1) is 28.7 Å². The van der Waals surface area contributed by atoms with Crippen molar-refractivity contribution in [3.05, 3.63) is 91.9 Å². The molecule has 7 nitrogen and oxygen atoms in total. The predicted molar refractivity (Wildman–Crippen MR) is 144 cm³/mol. The van der Waals surface area contributed by atoms with Crippen molar-refractivity contribution < 1.29 is 9.21 Å². The van der Waals surface area contributed by atoms with Crippen LogP contribution >= 0.6 is 23.5 Å². The Bertz CT molecular complexity index is 1590. The van der Waals surface area contributed by atoms with Crippen LogP contribution in [0.25, 0.3) is 22.3 Å². The fourth-order valence-corrected chi connectivity index (χ4v) is 4.50. The van der Waals surface area contributed by atoms with Gasteiger partial charge in [0.15, 0.2) is 11.1 Å². The van der Waals surface area contributed by atoms with Gasteiger partial charge < -0.3 is 9.73 Å². The van der Waals surface area contributed by atoms with Gasteiger partial charge in [-0.1, -0.05) is 41.7 Å². The number of nitriles is 1. The summed E-state index contributed by atoms with van der Waals surface area (Å²) in [4.78, 5) is 30.1. The van der Waals surface area contributed by atoms with Crippen molar-refractivity contribution in [1.29, 1.82) is 5.26 Å². The van der Waals surface area contributed by atoms with Crippen LogP contribution in [0.1, 0.15) is 45.7 Å². The van der Waals surface area contributed by atoms with Gasteiger partial charge in [-0.25, -0.2) is 4.98 Å². The Morgan fingerprint density at radius 3 is 2.69 bits per heavy atom. The normalized spacial score (nSPS) is 11.7. The maximum Gasteiger partial charge on any atom is 0.281 e. The molecule has 1 atom stereocenters. The van der Waals surface area contributed by atoms with Gasteiger partial charge in [-0.3, -0.25) is 14.3 Å². The lowest BCUT2D eigenvalue weighted by Gasteiger charge is -2.20. The number of nitrogens with zero attached hydrogens (tertiary/aromatic N) is 2. The first-order chi connectivity index (χ1) is 17.2. The molecule has 0 spiro atoms. The summed E-state index contributed by atoms with van der Waals surface area (Å²) in [5.41, 5.74) is 4.17. The molecule has 2 aromatic heterocycles. The molecule has 2 heterocycles. The van der Waals surface area contributed by atoms with E-state index in [9.17, 15) is 14.9 Å². The number of hydrogen-bond acceptors (Lipinski definition) is 7. The van der Waals surface area contributed by atoms with E-state index in [1.807, 2.05) is 26.0 Å². The van der Waals surface area contributed by atoms with Crippen LogP contribution in [0.4, 0.5) is 5.69 Å². The number of carbonyl (C=O) groups excluding carboxylic acids is 1. The van der Waals surface area contributed by atoms with Crippen molar-refractivity contribution in [2.75, 3.05) is 11.6 Å². The smallest absolute Gasteiger partial charge is 0.281 e. The van der Waals surface area contributed by atoms with Crippen LogP contribution < -0.4 is 15.5 Å². The van der Waals surface area contributed by atoms with Crippen LogP contribution in [0.3, 0.4) is 0 Å². The largest absolute Gasteiger partial charge is 0.455 e. The van der Waals surface area contributed by atoms with E-state index in [4.69, 9.17) is 16.0 Å². The second-order valence-corrected chi connectivity index (χ2v) is 9.34. The van der Waals surface area contributed by atoms with E-state index in [0.29, 0.717) is 39.1 Å². The molecule has 0 fully saturated rings. The third kappa shape index (κ3) is 4.94. The SMILES string of the molecule is CSNC(=O)c1nc(Cl)ccc1NC(C)c1cc(C)cc2c(=O)c(C)c(-c3cccc(C#N)c3)oc12. The summed E-state index contributed by atoms with van der Waals surface area (Å²) in [5.74, 6) is 0.0331. The molecule has 9 heteroatoms. The molecule has 182 valence electrons. The zero-order chi connectivity index (χ0) is 26.0. The van der Waals surface area contributed by atoms with Crippen molar-refractivity contribution in [3.63, 3.8) is 0 Å². The maximum atomic E-state index is 13.4. The average Bonchev–Trinajstić information content (AvgIpc) is 2.87. The number of fused-ring (bicyclic) bond motifs is 1. The summed E-state index contributed by atoms with van der Waals surface area (Å²) in [7, 11) is 0. The maximum absolute atomic E-state index is 13.4. The lowest BCUT2D eigenvalue weighted by Crippen LogP contribution is -2.20. The number of aryl methyl sites for hydroxylation is 1. The number of anilines is 1. The fraction of sp³-hybridized carbons (Fsp3) is 0.185. The number of aromatic nitrogens is 1. The molecule has 0 bridgehead atoms. The second kappa shape index (κ2) is 10.4. The Labute approximate surface area is 217 Å². The van der Waals surface area contributed by atoms with Crippen molar-refractivity contribution >= 4 is 46.1 Å². The first-order valence-corrected chi connectivity index (χ1v) is 12.7. The van der Waals surface area contributed by atoms with E-state index < -0.39 is 0 Å². The van der Waals surface area contributed by atoms with Crippen LogP contribution in [0.2, 0.25) is 5.15 Å². The van der Waals surface area contributed by atoms with Gasteiger partial charge in [0, 0.05) is 22.9 Å². The van der Waals surface area contributed by atoms with Gasteiger partial charge in [0.2, 0.25) is 0 Å². The molecular formula is C27H23ClN4O3S. The monoisotopic (exact) mass is 518 g/mol. The lowest BCUT2D eigenvalue weighted by atomic mass is 9.98. The minimum Gasteiger partial charge on any atom is -0.455 e. The van der Waals surface area contributed by atoms with Gasteiger partial charge in [-0.15, -0.1) is 0 Å². The summed E-state index contributed by atoms with van der Waals surface area (Å²) < 4.78 is 9.03. The number of benzene rings is 2. The van der Waals surface area contributed by atoms with E-state index in [0.717, 1.165) is 23.1 Å². The minimum absolute atomic E-state index is 0.140. The number of halogens is 1. The van der Waals surface area contributed by atoms with Gasteiger partial charge >= 0.3 is 0 Å². The molecule has 4 aromatic rings. The van der Waals surface area contributed by atoms with Gasteiger partial charge in [0.1, 0.15) is 16.5 Å². The van der Waals surface area contributed by atoms with Crippen LogP contribution in [-0.4, -0.2) is 17.1 Å². The van der Waals surface area contributed by atoms with E-state index in [-0.39, 0.29) is 28.2 Å². The van der Waals surface area contributed by atoms with Crippen LogP contribution in [0, 0.1) is 25.2 Å². The highest BCUT2D eigenvalue weighted by Crippen LogP contribution is 2.33. The molecule has 1 unspecified atom stereocenters. The minimum atomic E-state index is -0.379. The van der Waals surface area contributed by atoms with E-state index in [1.165, 1.54) is 0 Å². The van der Waals surface area contributed by atoms with E-state index in [2.05, 4.69) is 21.1 Å². The molecule has 2 aromatic carbocycles. The van der Waals surface area contributed by atoms with Crippen LogP contribution in [-0.2, 0) is 0 Å². The molecule has 4 rings (SSSR count).